The molecule has 1 aliphatic rings. The van der Waals surface area contributed by atoms with Crippen molar-refractivity contribution in [3.05, 3.63) is 11.9 Å². The monoisotopic (exact) mass is 280 g/mol. The van der Waals surface area contributed by atoms with Gasteiger partial charge in [0, 0.05) is 39.4 Å². The number of methoxy groups -OCH3 is 1. The highest BCUT2D eigenvalue weighted by Crippen LogP contribution is 2.18. The topological polar surface area (TPSA) is 59.5 Å². The summed E-state index contributed by atoms with van der Waals surface area (Å²) in [5, 5.41) is 3.32. The van der Waals surface area contributed by atoms with Crippen molar-refractivity contribution in [2.45, 2.75) is 26.4 Å². The second kappa shape index (κ2) is 8.01. The van der Waals surface area contributed by atoms with Crippen molar-refractivity contribution in [1.29, 1.82) is 0 Å². The number of hydrogen-bond acceptors (Lipinski definition) is 6. The average Bonchev–Trinajstić information content (AvgIpc) is 2.74. The van der Waals surface area contributed by atoms with Gasteiger partial charge < -0.3 is 19.7 Å². The Balaban J connectivity index is 2.17. The normalized spacial score (nSPS) is 16.0. The van der Waals surface area contributed by atoms with Gasteiger partial charge in [0.15, 0.2) is 5.82 Å². The van der Waals surface area contributed by atoms with E-state index in [-0.39, 0.29) is 0 Å². The minimum absolute atomic E-state index is 0.430. The fourth-order valence-electron chi connectivity index (χ4n) is 2.16. The molecule has 0 unspecified atom stereocenters. The van der Waals surface area contributed by atoms with Crippen LogP contribution in [0.1, 0.15) is 25.6 Å². The molecule has 0 radical (unpaired) electrons. The number of hydrogen-bond donors (Lipinski definition) is 1. The van der Waals surface area contributed by atoms with E-state index >= 15 is 0 Å². The van der Waals surface area contributed by atoms with Crippen molar-refractivity contribution >= 4 is 11.6 Å². The Hall–Kier alpha value is -1.40. The zero-order chi connectivity index (χ0) is 14.2. The molecule has 6 nitrogen and oxygen atoms in total. The molecular weight excluding hydrogens is 256 g/mol. The molecule has 1 aliphatic heterocycles. The lowest BCUT2D eigenvalue weighted by Crippen LogP contribution is -2.27. The quantitative estimate of drug-likeness (QED) is 0.855. The highest BCUT2D eigenvalue weighted by molar-refractivity contribution is 5.49. The van der Waals surface area contributed by atoms with E-state index < -0.39 is 0 Å². The zero-order valence-electron chi connectivity index (χ0n) is 12.4. The molecule has 0 bridgehead atoms. The molecule has 0 aromatic carbocycles. The van der Waals surface area contributed by atoms with Crippen LogP contribution in [0.3, 0.4) is 0 Å². The largest absolute Gasteiger partial charge is 0.380 e. The third-order valence-corrected chi connectivity index (χ3v) is 3.13. The molecule has 0 atom stereocenters. The van der Waals surface area contributed by atoms with E-state index in [1.54, 1.807) is 7.11 Å². The Morgan fingerprint density at radius 2 is 2.25 bits per heavy atom. The van der Waals surface area contributed by atoms with E-state index in [0.717, 1.165) is 57.3 Å². The van der Waals surface area contributed by atoms with Gasteiger partial charge in [0.25, 0.3) is 0 Å². The Bertz CT molecular complexity index is 406. The smallest absolute Gasteiger partial charge is 0.158 e. The second-order valence-corrected chi connectivity index (χ2v) is 4.84. The van der Waals surface area contributed by atoms with Crippen molar-refractivity contribution in [3.8, 4) is 0 Å². The Morgan fingerprint density at radius 1 is 1.35 bits per heavy atom. The summed E-state index contributed by atoms with van der Waals surface area (Å²) < 4.78 is 10.7. The van der Waals surface area contributed by atoms with Crippen molar-refractivity contribution < 1.29 is 9.47 Å². The molecule has 0 spiro atoms. The van der Waals surface area contributed by atoms with Gasteiger partial charge >= 0.3 is 0 Å². The van der Waals surface area contributed by atoms with E-state index in [9.17, 15) is 0 Å². The summed E-state index contributed by atoms with van der Waals surface area (Å²) in [6.45, 7) is 6.89. The molecule has 1 fully saturated rings. The molecule has 6 heteroatoms. The molecule has 0 saturated carbocycles. The highest BCUT2D eigenvalue weighted by Gasteiger charge is 2.14. The first-order chi connectivity index (χ1) is 9.83. The number of nitrogens with one attached hydrogen (secondary N) is 1. The van der Waals surface area contributed by atoms with Gasteiger partial charge in [-0.25, -0.2) is 9.97 Å². The van der Waals surface area contributed by atoms with E-state index in [4.69, 9.17) is 9.47 Å². The molecule has 1 N–H and O–H groups in total. The van der Waals surface area contributed by atoms with E-state index in [0.29, 0.717) is 12.4 Å². The van der Waals surface area contributed by atoms with Crippen LogP contribution in [0.2, 0.25) is 0 Å². The lowest BCUT2D eigenvalue weighted by atomic mass is 10.3. The lowest BCUT2D eigenvalue weighted by molar-refractivity contribution is 0.152. The summed E-state index contributed by atoms with van der Waals surface area (Å²) >= 11 is 0. The maximum atomic E-state index is 5.49. The van der Waals surface area contributed by atoms with Gasteiger partial charge in [-0.1, -0.05) is 6.92 Å². The second-order valence-electron chi connectivity index (χ2n) is 4.84. The Kier molecular flexibility index (Phi) is 6.01. The van der Waals surface area contributed by atoms with Gasteiger partial charge in [-0.2, -0.15) is 0 Å². The Labute approximate surface area is 120 Å². The van der Waals surface area contributed by atoms with Gasteiger partial charge in [-0.05, 0) is 12.8 Å². The number of ether oxygens (including phenoxy) is 2. The SMILES string of the molecule is CCCNc1cc(N2CCCOCC2)nc(COC)n1. The van der Waals surface area contributed by atoms with Crippen molar-refractivity contribution in [1.82, 2.24) is 9.97 Å². The molecular formula is C14H24N4O2. The van der Waals surface area contributed by atoms with Gasteiger partial charge in [-0.15, -0.1) is 0 Å². The molecule has 1 saturated heterocycles. The number of rotatable bonds is 6. The average molecular weight is 280 g/mol. The van der Waals surface area contributed by atoms with Crippen LogP contribution in [-0.4, -0.2) is 49.9 Å². The minimum Gasteiger partial charge on any atom is -0.380 e. The van der Waals surface area contributed by atoms with Crippen LogP contribution < -0.4 is 10.2 Å². The minimum atomic E-state index is 0.430. The molecule has 2 heterocycles. The van der Waals surface area contributed by atoms with Crippen LogP contribution in [-0.2, 0) is 16.1 Å². The van der Waals surface area contributed by atoms with Gasteiger partial charge in [0.2, 0.25) is 0 Å². The van der Waals surface area contributed by atoms with Crippen LogP contribution >= 0.6 is 0 Å². The number of aromatic nitrogens is 2. The van der Waals surface area contributed by atoms with Crippen molar-refractivity contribution in [2.75, 3.05) is 50.2 Å². The highest BCUT2D eigenvalue weighted by atomic mass is 16.5. The molecule has 1 aromatic heterocycles. The molecule has 0 amide bonds. The van der Waals surface area contributed by atoms with Crippen molar-refractivity contribution in [2.24, 2.45) is 0 Å². The summed E-state index contributed by atoms with van der Waals surface area (Å²) in [5.41, 5.74) is 0. The predicted molar refractivity (Wildman–Crippen MR) is 79.2 cm³/mol. The van der Waals surface area contributed by atoms with Crippen LogP contribution in [0.4, 0.5) is 11.6 Å². The van der Waals surface area contributed by atoms with Crippen LogP contribution in [0.25, 0.3) is 0 Å². The van der Waals surface area contributed by atoms with Crippen LogP contribution in [0.15, 0.2) is 6.07 Å². The van der Waals surface area contributed by atoms with Crippen LogP contribution in [0, 0.1) is 0 Å². The maximum absolute atomic E-state index is 5.49. The zero-order valence-corrected chi connectivity index (χ0v) is 12.4. The third-order valence-electron chi connectivity index (χ3n) is 3.13. The van der Waals surface area contributed by atoms with E-state index in [2.05, 4.69) is 27.1 Å². The third kappa shape index (κ3) is 4.31. The summed E-state index contributed by atoms with van der Waals surface area (Å²) in [5.74, 6) is 2.54. The molecule has 2 rings (SSSR count). The molecule has 20 heavy (non-hydrogen) atoms. The standard InChI is InChI=1S/C14H24N4O2/c1-3-5-15-12-10-14(17-13(16-12)11-19-2)18-6-4-8-20-9-7-18/h10H,3-9,11H2,1-2H3,(H,15,16,17). The summed E-state index contributed by atoms with van der Waals surface area (Å²) in [6, 6.07) is 2.01. The summed E-state index contributed by atoms with van der Waals surface area (Å²) in [4.78, 5) is 11.3. The molecule has 1 aromatic rings. The first-order valence-corrected chi connectivity index (χ1v) is 7.27. The molecule has 112 valence electrons. The molecule has 0 aliphatic carbocycles. The van der Waals surface area contributed by atoms with E-state index in [1.807, 2.05) is 6.07 Å². The van der Waals surface area contributed by atoms with Crippen LogP contribution in [0.5, 0.6) is 0 Å². The number of anilines is 2. The summed E-state index contributed by atoms with van der Waals surface area (Å²) in [6.07, 6.45) is 2.10. The van der Waals surface area contributed by atoms with Gasteiger partial charge in [-0.3, -0.25) is 0 Å². The first kappa shape index (κ1) is 15.0. The first-order valence-electron chi connectivity index (χ1n) is 7.27. The predicted octanol–water partition coefficient (Wildman–Crippen LogP) is 1.67. The Morgan fingerprint density at radius 3 is 3.05 bits per heavy atom. The maximum Gasteiger partial charge on any atom is 0.158 e. The van der Waals surface area contributed by atoms with E-state index in [1.165, 1.54) is 0 Å². The van der Waals surface area contributed by atoms with Gasteiger partial charge in [0.05, 0.1) is 6.61 Å². The van der Waals surface area contributed by atoms with Gasteiger partial charge in [0.1, 0.15) is 18.2 Å². The summed E-state index contributed by atoms with van der Waals surface area (Å²) in [7, 11) is 1.66. The number of nitrogens with zero attached hydrogens (tertiary/aromatic N) is 3. The fourth-order valence-corrected chi connectivity index (χ4v) is 2.16. The lowest BCUT2D eigenvalue weighted by Gasteiger charge is -2.22. The fraction of sp³-hybridized carbons (Fsp3) is 0.714. The van der Waals surface area contributed by atoms with Crippen molar-refractivity contribution in [3.63, 3.8) is 0 Å².